The molecule has 0 saturated heterocycles. The summed E-state index contributed by atoms with van der Waals surface area (Å²) in [6.07, 6.45) is 2.52. The number of hydrogen-bond acceptors (Lipinski definition) is 4. The third kappa shape index (κ3) is 2.22. The van der Waals surface area contributed by atoms with Crippen molar-refractivity contribution < 1.29 is 9.90 Å². The van der Waals surface area contributed by atoms with Crippen molar-refractivity contribution in [2.45, 2.75) is 23.5 Å². The van der Waals surface area contributed by atoms with Crippen LogP contribution in [0.4, 0.5) is 0 Å². The van der Waals surface area contributed by atoms with Crippen LogP contribution in [0.15, 0.2) is 53.6 Å². The maximum absolute atomic E-state index is 11.8. The molecule has 3 heterocycles. The van der Waals surface area contributed by atoms with Gasteiger partial charge in [0, 0.05) is 27.5 Å². The fourth-order valence-corrected chi connectivity index (χ4v) is 4.32. The van der Waals surface area contributed by atoms with E-state index >= 15 is 0 Å². The lowest BCUT2D eigenvalue weighted by molar-refractivity contribution is 0.0688. The number of carbonyl (C=O) groups is 1. The number of thioether (sulfide) groups is 1. The number of carboxylic acids is 1. The molecule has 1 unspecified atom stereocenters. The van der Waals surface area contributed by atoms with E-state index in [0.717, 1.165) is 28.1 Å². The first kappa shape index (κ1) is 15.0. The minimum Gasteiger partial charge on any atom is -0.476 e. The van der Waals surface area contributed by atoms with Crippen LogP contribution in [0, 0.1) is 0 Å². The Morgan fingerprint density at radius 2 is 2.04 bits per heavy atom. The smallest absolute Gasteiger partial charge is 0.356 e. The van der Waals surface area contributed by atoms with Crippen LogP contribution in [0.1, 0.15) is 34.6 Å². The molecule has 5 nitrogen and oxygen atoms in total. The van der Waals surface area contributed by atoms with Crippen LogP contribution in [0.2, 0.25) is 0 Å². The third-order valence-electron chi connectivity index (χ3n) is 4.10. The van der Waals surface area contributed by atoms with Crippen molar-refractivity contribution in [3.63, 3.8) is 0 Å². The second kappa shape index (κ2) is 5.79. The Balaban J connectivity index is 2.07. The molecule has 0 amide bonds. The highest BCUT2D eigenvalue weighted by atomic mass is 32.2. The van der Waals surface area contributed by atoms with E-state index < -0.39 is 5.97 Å². The molecule has 120 valence electrons. The number of aromatic carboxylic acids is 1. The van der Waals surface area contributed by atoms with E-state index in [-0.39, 0.29) is 10.9 Å². The van der Waals surface area contributed by atoms with E-state index in [4.69, 9.17) is 0 Å². The number of hydrogen-bond donors (Lipinski definition) is 1. The summed E-state index contributed by atoms with van der Waals surface area (Å²) in [6, 6.07) is 13.6. The lowest BCUT2D eigenvalue weighted by atomic mass is 10.0. The molecule has 0 aliphatic carbocycles. The quantitative estimate of drug-likeness (QED) is 0.776. The van der Waals surface area contributed by atoms with Gasteiger partial charge in [-0.05, 0) is 24.6 Å². The Labute approximate surface area is 143 Å². The highest BCUT2D eigenvalue weighted by Gasteiger charge is 2.34. The Hall–Kier alpha value is -2.60. The Morgan fingerprint density at radius 3 is 2.75 bits per heavy atom. The normalized spacial score (nSPS) is 15.6. The molecule has 0 saturated carbocycles. The van der Waals surface area contributed by atoms with Gasteiger partial charge in [-0.15, -0.1) is 11.8 Å². The maximum Gasteiger partial charge on any atom is 0.356 e. The molecule has 1 aromatic carbocycles. The Kier molecular flexibility index (Phi) is 3.61. The molecule has 0 fully saturated rings. The molecule has 24 heavy (non-hydrogen) atoms. The van der Waals surface area contributed by atoms with Crippen LogP contribution in [0.25, 0.3) is 17.1 Å². The molecule has 1 aliphatic heterocycles. The van der Waals surface area contributed by atoms with Gasteiger partial charge in [0.1, 0.15) is 0 Å². The fourth-order valence-electron chi connectivity index (χ4n) is 3.06. The van der Waals surface area contributed by atoms with Crippen molar-refractivity contribution in [2.24, 2.45) is 0 Å². The van der Waals surface area contributed by atoms with Gasteiger partial charge < -0.3 is 5.11 Å². The highest BCUT2D eigenvalue weighted by molar-refractivity contribution is 7.99. The average molecular weight is 337 g/mol. The van der Waals surface area contributed by atoms with Crippen LogP contribution in [-0.2, 0) is 0 Å². The first-order chi connectivity index (χ1) is 11.7. The molecule has 1 atom stereocenters. The average Bonchev–Trinajstić information content (AvgIpc) is 3.03. The van der Waals surface area contributed by atoms with Crippen LogP contribution in [-0.4, -0.2) is 25.8 Å². The van der Waals surface area contributed by atoms with Gasteiger partial charge >= 0.3 is 5.97 Å². The van der Waals surface area contributed by atoms with Crippen LogP contribution in [0.5, 0.6) is 0 Å². The molecule has 0 bridgehead atoms. The van der Waals surface area contributed by atoms with Gasteiger partial charge in [-0.2, -0.15) is 5.10 Å². The zero-order chi connectivity index (χ0) is 16.7. The van der Waals surface area contributed by atoms with E-state index in [1.54, 1.807) is 22.6 Å². The largest absolute Gasteiger partial charge is 0.476 e. The maximum atomic E-state index is 11.8. The number of fused-ring (bicyclic) bond motifs is 3. The number of carboxylic acid groups (broad SMARTS) is 1. The molecule has 0 radical (unpaired) electrons. The second-order valence-electron chi connectivity index (χ2n) is 5.53. The molecular weight excluding hydrogens is 322 g/mol. The zero-order valence-electron chi connectivity index (χ0n) is 13.0. The van der Waals surface area contributed by atoms with Crippen molar-refractivity contribution in [3.05, 3.63) is 59.9 Å². The Bertz CT molecular complexity index is 921. The fraction of sp³-hybridized carbons (Fsp3) is 0.167. The lowest BCUT2D eigenvalue weighted by Gasteiger charge is -2.24. The third-order valence-corrected chi connectivity index (χ3v) is 5.56. The van der Waals surface area contributed by atoms with E-state index in [1.165, 1.54) is 0 Å². The van der Waals surface area contributed by atoms with Gasteiger partial charge in [-0.3, -0.25) is 0 Å². The summed E-state index contributed by atoms with van der Waals surface area (Å²) in [5.41, 5.74) is 2.75. The predicted molar refractivity (Wildman–Crippen MR) is 92.6 cm³/mol. The van der Waals surface area contributed by atoms with E-state index in [0.29, 0.717) is 5.82 Å². The van der Waals surface area contributed by atoms with Crippen LogP contribution in [0.3, 0.4) is 0 Å². The van der Waals surface area contributed by atoms with Crippen molar-refractivity contribution in [1.29, 1.82) is 0 Å². The summed E-state index contributed by atoms with van der Waals surface area (Å²) in [5, 5.41) is 14.1. The molecule has 3 aromatic rings. The lowest BCUT2D eigenvalue weighted by Crippen LogP contribution is -2.08. The van der Waals surface area contributed by atoms with Gasteiger partial charge in [0.25, 0.3) is 0 Å². The van der Waals surface area contributed by atoms with E-state index in [9.17, 15) is 9.90 Å². The number of rotatable bonds is 3. The first-order valence-corrected chi connectivity index (χ1v) is 8.62. The molecular formula is C18H15N3O2S. The molecule has 6 heteroatoms. The van der Waals surface area contributed by atoms with E-state index in [1.807, 2.05) is 36.4 Å². The summed E-state index contributed by atoms with van der Waals surface area (Å²) >= 11 is 1.70. The van der Waals surface area contributed by atoms with Crippen molar-refractivity contribution in [3.8, 4) is 17.1 Å². The molecule has 4 rings (SSSR count). The van der Waals surface area contributed by atoms with Crippen molar-refractivity contribution >= 4 is 17.7 Å². The monoisotopic (exact) mass is 337 g/mol. The first-order valence-electron chi connectivity index (χ1n) is 7.74. The summed E-state index contributed by atoms with van der Waals surface area (Å²) in [6.45, 7) is 2.07. The second-order valence-corrected chi connectivity index (χ2v) is 6.77. The summed E-state index contributed by atoms with van der Waals surface area (Å²) in [4.78, 5) is 17.3. The van der Waals surface area contributed by atoms with Crippen LogP contribution >= 0.6 is 11.8 Å². The van der Waals surface area contributed by atoms with Gasteiger partial charge in [0.15, 0.2) is 11.5 Å². The number of nitrogens with zero attached hydrogens (tertiary/aromatic N) is 3. The predicted octanol–water partition coefficient (Wildman–Crippen LogP) is 4.19. The number of aromatic nitrogens is 3. The molecule has 2 aromatic heterocycles. The van der Waals surface area contributed by atoms with Gasteiger partial charge in [0.05, 0.1) is 5.69 Å². The summed E-state index contributed by atoms with van der Waals surface area (Å²) in [5.74, 6) is -0.378. The SMILES string of the molecule is CCC1Sc2ccccc2-c2c1c(C(=O)O)nn2-c1ccccn1. The van der Waals surface area contributed by atoms with Crippen molar-refractivity contribution in [1.82, 2.24) is 14.8 Å². The van der Waals surface area contributed by atoms with Crippen molar-refractivity contribution in [2.75, 3.05) is 0 Å². The molecule has 1 aliphatic rings. The summed E-state index contributed by atoms with van der Waals surface area (Å²) in [7, 11) is 0. The Morgan fingerprint density at radius 1 is 1.25 bits per heavy atom. The molecule has 1 N–H and O–H groups in total. The minimum absolute atomic E-state index is 0.0680. The van der Waals surface area contributed by atoms with Gasteiger partial charge in [-0.25, -0.2) is 14.5 Å². The number of pyridine rings is 1. The standard InChI is InChI=1S/C18H15N3O2S/c1-2-12-15-16(18(22)23)20-21(14-9-5-6-10-19-14)17(15)11-7-3-4-8-13(11)24-12/h3-10,12H,2H2,1H3,(H,22,23). The molecule has 0 spiro atoms. The topological polar surface area (TPSA) is 68.0 Å². The van der Waals surface area contributed by atoms with Gasteiger partial charge in [-0.1, -0.05) is 31.2 Å². The van der Waals surface area contributed by atoms with E-state index in [2.05, 4.69) is 23.1 Å². The highest BCUT2D eigenvalue weighted by Crippen LogP contribution is 2.51. The zero-order valence-corrected chi connectivity index (χ0v) is 13.8. The minimum atomic E-state index is -1.00. The summed E-state index contributed by atoms with van der Waals surface area (Å²) < 4.78 is 1.67. The number of benzene rings is 1. The van der Waals surface area contributed by atoms with Gasteiger partial charge in [0.2, 0.25) is 0 Å². The van der Waals surface area contributed by atoms with Crippen LogP contribution < -0.4 is 0 Å².